The third-order valence-corrected chi connectivity index (χ3v) is 3.65. The molecule has 0 saturated heterocycles. The lowest BCUT2D eigenvalue weighted by Gasteiger charge is -2.11. The van der Waals surface area contributed by atoms with Gasteiger partial charge in [-0.15, -0.1) is 0 Å². The van der Waals surface area contributed by atoms with Crippen LogP contribution in [0.5, 0.6) is 11.5 Å². The summed E-state index contributed by atoms with van der Waals surface area (Å²) >= 11 is 0. The fourth-order valence-corrected chi connectivity index (χ4v) is 2.32. The lowest BCUT2D eigenvalue weighted by atomic mass is 10.1. The molecule has 0 saturated carbocycles. The Morgan fingerprint density at radius 2 is 1.70 bits per heavy atom. The SMILES string of the molecule is COc1cc(C(=O)O)cc(OC)c1C=CCNC(=O)OCc1ccccc1. The van der Waals surface area contributed by atoms with Gasteiger partial charge in [0.1, 0.15) is 18.1 Å². The molecule has 7 heteroatoms. The number of hydrogen-bond acceptors (Lipinski definition) is 5. The van der Waals surface area contributed by atoms with Crippen molar-refractivity contribution in [3.8, 4) is 11.5 Å². The molecule has 27 heavy (non-hydrogen) atoms. The fourth-order valence-electron chi connectivity index (χ4n) is 2.32. The van der Waals surface area contributed by atoms with Crippen molar-refractivity contribution in [1.82, 2.24) is 5.32 Å². The number of nitrogens with one attached hydrogen (secondary N) is 1. The zero-order chi connectivity index (χ0) is 19.6. The smallest absolute Gasteiger partial charge is 0.407 e. The first-order valence-corrected chi connectivity index (χ1v) is 8.15. The molecule has 0 aliphatic carbocycles. The molecule has 2 rings (SSSR count). The van der Waals surface area contributed by atoms with Gasteiger partial charge in [-0.3, -0.25) is 0 Å². The molecule has 2 N–H and O–H groups in total. The molecule has 0 radical (unpaired) electrons. The van der Waals surface area contributed by atoms with Crippen LogP contribution in [0.15, 0.2) is 48.5 Å². The van der Waals surface area contributed by atoms with Crippen LogP contribution in [0.2, 0.25) is 0 Å². The predicted molar refractivity (Wildman–Crippen MR) is 100 cm³/mol. The number of carboxylic acids is 1. The molecule has 142 valence electrons. The Morgan fingerprint density at radius 1 is 1.07 bits per heavy atom. The Morgan fingerprint density at radius 3 is 2.26 bits per heavy atom. The molecule has 0 aliphatic rings. The van der Waals surface area contributed by atoms with Gasteiger partial charge in [0.05, 0.1) is 25.3 Å². The number of rotatable bonds is 8. The summed E-state index contributed by atoms with van der Waals surface area (Å²) in [7, 11) is 2.88. The summed E-state index contributed by atoms with van der Waals surface area (Å²) in [6.07, 6.45) is 2.83. The van der Waals surface area contributed by atoms with Crippen LogP contribution in [-0.4, -0.2) is 37.9 Å². The van der Waals surface area contributed by atoms with E-state index in [-0.39, 0.29) is 18.7 Å². The molecule has 7 nitrogen and oxygen atoms in total. The van der Waals surface area contributed by atoms with E-state index in [1.54, 1.807) is 12.2 Å². The maximum absolute atomic E-state index is 11.7. The largest absolute Gasteiger partial charge is 0.496 e. The van der Waals surface area contributed by atoms with E-state index in [1.807, 2.05) is 30.3 Å². The Balaban J connectivity index is 1.95. The molecule has 0 fully saturated rings. The molecule has 2 aromatic rings. The van der Waals surface area contributed by atoms with Crippen LogP contribution < -0.4 is 14.8 Å². The van der Waals surface area contributed by atoms with Crippen molar-refractivity contribution in [2.75, 3.05) is 20.8 Å². The van der Waals surface area contributed by atoms with Crippen molar-refractivity contribution in [3.05, 3.63) is 65.2 Å². The predicted octanol–water partition coefficient (Wildman–Crippen LogP) is 3.34. The number of alkyl carbamates (subject to hydrolysis) is 1. The number of carbonyl (C=O) groups excluding carboxylic acids is 1. The van der Waals surface area contributed by atoms with E-state index in [2.05, 4.69) is 5.32 Å². The van der Waals surface area contributed by atoms with E-state index in [9.17, 15) is 9.59 Å². The lowest BCUT2D eigenvalue weighted by molar-refractivity contribution is 0.0696. The van der Waals surface area contributed by atoms with Gasteiger partial charge in [0, 0.05) is 6.54 Å². The summed E-state index contributed by atoms with van der Waals surface area (Å²) in [5.74, 6) is -0.366. The van der Waals surface area contributed by atoms with Gasteiger partial charge >= 0.3 is 12.1 Å². The number of carbonyl (C=O) groups is 2. The van der Waals surface area contributed by atoms with Gasteiger partial charge in [0.15, 0.2) is 0 Å². The minimum atomic E-state index is -1.08. The summed E-state index contributed by atoms with van der Waals surface area (Å²) in [6.45, 7) is 0.412. The monoisotopic (exact) mass is 371 g/mol. The molecule has 0 atom stereocenters. The maximum atomic E-state index is 11.7. The fraction of sp³-hybridized carbons (Fsp3) is 0.200. The molecular weight excluding hydrogens is 350 g/mol. The molecule has 0 spiro atoms. The van der Waals surface area contributed by atoms with Gasteiger partial charge in [-0.25, -0.2) is 9.59 Å². The molecular formula is C20H21NO6. The van der Waals surface area contributed by atoms with Gasteiger partial charge in [0.25, 0.3) is 0 Å². The van der Waals surface area contributed by atoms with Crippen molar-refractivity contribution < 1.29 is 28.9 Å². The first-order valence-electron chi connectivity index (χ1n) is 8.15. The quantitative estimate of drug-likeness (QED) is 0.739. The highest BCUT2D eigenvalue weighted by molar-refractivity contribution is 5.90. The van der Waals surface area contributed by atoms with Crippen molar-refractivity contribution in [3.63, 3.8) is 0 Å². The van der Waals surface area contributed by atoms with Crippen LogP contribution in [-0.2, 0) is 11.3 Å². The lowest BCUT2D eigenvalue weighted by Crippen LogP contribution is -2.24. The number of benzene rings is 2. The van der Waals surface area contributed by atoms with Crippen molar-refractivity contribution >= 4 is 18.1 Å². The van der Waals surface area contributed by atoms with E-state index in [0.29, 0.717) is 17.1 Å². The van der Waals surface area contributed by atoms with Crippen LogP contribution in [0.4, 0.5) is 4.79 Å². The second kappa shape index (κ2) is 9.86. The topological polar surface area (TPSA) is 94.1 Å². The Bertz CT molecular complexity index is 791. The van der Waals surface area contributed by atoms with Gasteiger partial charge in [-0.2, -0.15) is 0 Å². The molecule has 0 aromatic heterocycles. The van der Waals surface area contributed by atoms with Crippen LogP contribution in [0.25, 0.3) is 6.08 Å². The minimum Gasteiger partial charge on any atom is -0.496 e. The second-order valence-electron chi connectivity index (χ2n) is 5.44. The highest BCUT2D eigenvalue weighted by Gasteiger charge is 2.13. The normalized spacial score (nSPS) is 10.4. The first kappa shape index (κ1) is 19.8. The molecule has 0 bridgehead atoms. The third kappa shape index (κ3) is 5.78. The third-order valence-electron chi connectivity index (χ3n) is 3.65. The summed E-state index contributed by atoms with van der Waals surface area (Å²) in [4.78, 5) is 22.9. The number of ether oxygens (including phenoxy) is 3. The summed E-state index contributed by atoms with van der Waals surface area (Å²) in [5, 5.41) is 11.7. The van der Waals surface area contributed by atoms with E-state index in [1.165, 1.54) is 26.4 Å². The first-order chi connectivity index (χ1) is 13.0. The van der Waals surface area contributed by atoms with E-state index < -0.39 is 12.1 Å². The molecule has 2 aromatic carbocycles. The van der Waals surface area contributed by atoms with Crippen LogP contribution >= 0.6 is 0 Å². The van der Waals surface area contributed by atoms with Gasteiger partial charge in [-0.05, 0) is 23.8 Å². The summed E-state index contributed by atoms with van der Waals surface area (Å²) in [6, 6.07) is 12.2. The van der Waals surface area contributed by atoms with Gasteiger partial charge in [-0.1, -0.05) is 36.4 Å². The van der Waals surface area contributed by atoms with Gasteiger partial charge in [0.2, 0.25) is 0 Å². The molecule has 0 heterocycles. The summed E-state index contributed by atoms with van der Waals surface area (Å²) in [5.41, 5.74) is 1.53. The number of methoxy groups -OCH3 is 2. The number of amides is 1. The van der Waals surface area contributed by atoms with Crippen molar-refractivity contribution in [2.45, 2.75) is 6.61 Å². The minimum absolute atomic E-state index is 0.0588. The Labute approximate surface area is 157 Å². The average molecular weight is 371 g/mol. The number of carboxylic acid groups (broad SMARTS) is 1. The van der Waals surface area contributed by atoms with E-state index in [0.717, 1.165) is 5.56 Å². The summed E-state index contributed by atoms with van der Waals surface area (Å²) < 4.78 is 15.6. The van der Waals surface area contributed by atoms with E-state index in [4.69, 9.17) is 19.3 Å². The van der Waals surface area contributed by atoms with Gasteiger partial charge < -0.3 is 24.6 Å². The second-order valence-corrected chi connectivity index (χ2v) is 5.44. The Hall–Kier alpha value is -3.48. The van der Waals surface area contributed by atoms with E-state index >= 15 is 0 Å². The zero-order valence-electron chi connectivity index (χ0n) is 15.1. The zero-order valence-corrected chi connectivity index (χ0v) is 15.1. The highest BCUT2D eigenvalue weighted by atomic mass is 16.5. The maximum Gasteiger partial charge on any atom is 0.407 e. The average Bonchev–Trinajstić information content (AvgIpc) is 2.69. The van der Waals surface area contributed by atoms with Crippen LogP contribution in [0.3, 0.4) is 0 Å². The molecule has 0 unspecified atom stereocenters. The number of aromatic carboxylic acids is 1. The highest BCUT2D eigenvalue weighted by Crippen LogP contribution is 2.31. The van der Waals surface area contributed by atoms with Crippen LogP contribution in [0.1, 0.15) is 21.5 Å². The van der Waals surface area contributed by atoms with Crippen molar-refractivity contribution in [1.29, 1.82) is 0 Å². The molecule has 1 amide bonds. The standard InChI is InChI=1S/C20H21NO6/c1-25-17-11-15(19(22)23)12-18(26-2)16(17)9-6-10-21-20(24)27-13-14-7-4-3-5-8-14/h3-9,11-12H,10,13H2,1-2H3,(H,21,24)(H,22,23). The number of hydrogen-bond donors (Lipinski definition) is 2. The van der Waals surface area contributed by atoms with Crippen molar-refractivity contribution in [2.24, 2.45) is 0 Å². The van der Waals surface area contributed by atoms with Crippen LogP contribution in [0, 0.1) is 0 Å². The molecule has 0 aliphatic heterocycles. The Kier molecular flexibility index (Phi) is 7.25.